The molecule has 106 valence electrons. The highest BCUT2D eigenvalue weighted by molar-refractivity contribution is 7.89. The molecule has 0 aliphatic heterocycles. The van der Waals surface area contributed by atoms with Gasteiger partial charge >= 0.3 is 0 Å². The predicted molar refractivity (Wildman–Crippen MR) is 66.9 cm³/mol. The lowest BCUT2D eigenvalue weighted by Gasteiger charge is -2.28. The molecular weight excluding hydrogens is 274 g/mol. The molecule has 0 unspecified atom stereocenters. The number of sulfonamides is 1. The van der Waals surface area contributed by atoms with Crippen molar-refractivity contribution in [2.45, 2.75) is 36.1 Å². The quantitative estimate of drug-likeness (QED) is 0.883. The highest BCUT2D eigenvalue weighted by atomic mass is 32.2. The summed E-state index contributed by atoms with van der Waals surface area (Å²) in [7, 11) is -3.97. The van der Waals surface area contributed by atoms with Gasteiger partial charge in [-0.1, -0.05) is 12.8 Å². The van der Waals surface area contributed by atoms with Gasteiger partial charge < -0.3 is 5.73 Å². The van der Waals surface area contributed by atoms with E-state index >= 15 is 0 Å². The Morgan fingerprint density at radius 2 is 1.68 bits per heavy atom. The van der Waals surface area contributed by atoms with Crippen LogP contribution in [0.3, 0.4) is 0 Å². The Morgan fingerprint density at radius 1 is 1.16 bits per heavy atom. The molecule has 1 aliphatic rings. The molecule has 0 bridgehead atoms. The topological polar surface area (TPSA) is 72.2 Å². The van der Waals surface area contributed by atoms with Gasteiger partial charge in [-0.3, -0.25) is 0 Å². The standard InChI is InChI=1S/C12H16F2N2O2S/c13-9-5-10(14)7-11(6-9)19(17,18)16-12(8-15)3-1-2-4-12/h5-7,16H,1-4,8,15H2. The van der Waals surface area contributed by atoms with E-state index in [1.165, 1.54) is 0 Å². The van der Waals surface area contributed by atoms with Gasteiger partial charge in [-0.2, -0.15) is 0 Å². The molecule has 0 saturated heterocycles. The van der Waals surface area contributed by atoms with Gasteiger partial charge in [-0.05, 0) is 25.0 Å². The summed E-state index contributed by atoms with van der Waals surface area (Å²) in [5, 5.41) is 0. The molecule has 1 aromatic carbocycles. The third-order valence-corrected chi connectivity index (χ3v) is 5.01. The fourth-order valence-electron chi connectivity index (χ4n) is 2.43. The average Bonchev–Trinajstić information content (AvgIpc) is 2.76. The van der Waals surface area contributed by atoms with E-state index in [9.17, 15) is 17.2 Å². The van der Waals surface area contributed by atoms with Crippen molar-refractivity contribution in [3.63, 3.8) is 0 Å². The third-order valence-electron chi connectivity index (χ3n) is 3.45. The lowest BCUT2D eigenvalue weighted by Crippen LogP contribution is -2.51. The fraction of sp³-hybridized carbons (Fsp3) is 0.500. The maximum atomic E-state index is 13.1. The molecule has 1 saturated carbocycles. The molecule has 0 aromatic heterocycles. The summed E-state index contributed by atoms with van der Waals surface area (Å²) >= 11 is 0. The van der Waals surface area contributed by atoms with E-state index in [-0.39, 0.29) is 6.54 Å². The molecule has 0 radical (unpaired) electrons. The molecule has 0 spiro atoms. The van der Waals surface area contributed by atoms with E-state index in [0.29, 0.717) is 18.9 Å². The van der Waals surface area contributed by atoms with E-state index in [1.807, 2.05) is 0 Å². The summed E-state index contributed by atoms with van der Waals surface area (Å²) in [6, 6.07) is 2.22. The first-order chi connectivity index (χ1) is 8.87. The Morgan fingerprint density at radius 3 is 2.16 bits per heavy atom. The Kier molecular flexibility index (Phi) is 3.89. The van der Waals surface area contributed by atoms with Gasteiger partial charge in [0.15, 0.2) is 0 Å². The maximum absolute atomic E-state index is 13.1. The number of rotatable bonds is 4. The van der Waals surface area contributed by atoms with Crippen molar-refractivity contribution in [3.05, 3.63) is 29.8 Å². The minimum absolute atomic E-state index is 0.171. The van der Waals surface area contributed by atoms with Crippen LogP contribution in [0.15, 0.2) is 23.1 Å². The summed E-state index contributed by atoms with van der Waals surface area (Å²) in [6.07, 6.45) is 3.05. The molecule has 1 aromatic rings. The molecule has 2 rings (SSSR count). The number of benzene rings is 1. The van der Waals surface area contributed by atoms with Crippen LogP contribution in [0.2, 0.25) is 0 Å². The van der Waals surface area contributed by atoms with E-state index in [4.69, 9.17) is 5.73 Å². The van der Waals surface area contributed by atoms with Crippen LogP contribution in [0.1, 0.15) is 25.7 Å². The van der Waals surface area contributed by atoms with Gasteiger partial charge in [-0.25, -0.2) is 21.9 Å². The Hall–Kier alpha value is -1.05. The smallest absolute Gasteiger partial charge is 0.241 e. The lowest BCUT2D eigenvalue weighted by atomic mass is 10.0. The van der Waals surface area contributed by atoms with Crippen molar-refractivity contribution in [1.82, 2.24) is 4.72 Å². The van der Waals surface area contributed by atoms with Crippen LogP contribution >= 0.6 is 0 Å². The molecule has 1 aliphatic carbocycles. The lowest BCUT2D eigenvalue weighted by molar-refractivity contribution is 0.399. The monoisotopic (exact) mass is 290 g/mol. The third kappa shape index (κ3) is 3.10. The molecule has 0 atom stereocenters. The Labute approximate surface area is 111 Å². The molecule has 0 heterocycles. The minimum Gasteiger partial charge on any atom is -0.329 e. The zero-order chi connectivity index (χ0) is 14.1. The molecule has 19 heavy (non-hydrogen) atoms. The maximum Gasteiger partial charge on any atom is 0.241 e. The summed E-state index contributed by atoms with van der Waals surface area (Å²) in [4.78, 5) is -0.412. The number of hydrogen-bond acceptors (Lipinski definition) is 3. The van der Waals surface area contributed by atoms with Crippen LogP contribution in [0.5, 0.6) is 0 Å². The summed E-state index contributed by atoms with van der Waals surface area (Å²) < 4.78 is 53.0. The molecule has 0 amide bonds. The van der Waals surface area contributed by atoms with E-state index in [0.717, 1.165) is 25.0 Å². The van der Waals surface area contributed by atoms with Gasteiger partial charge in [0.1, 0.15) is 11.6 Å². The minimum atomic E-state index is -3.97. The molecule has 7 heteroatoms. The van der Waals surface area contributed by atoms with E-state index in [2.05, 4.69) is 4.72 Å². The van der Waals surface area contributed by atoms with Gasteiger partial charge in [0.2, 0.25) is 10.0 Å². The first-order valence-corrected chi connectivity index (χ1v) is 7.55. The first-order valence-electron chi connectivity index (χ1n) is 6.07. The largest absolute Gasteiger partial charge is 0.329 e. The molecular formula is C12H16F2N2O2S. The average molecular weight is 290 g/mol. The summed E-state index contributed by atoms with van der Waals surface area (Å²) in [6.45, 7) is 0.171. The van der Waals surface area contributed by atoms with Gasteiger partial charge in [0, 0.05) is 18.2 Å². The second-order valence-electron chi connectivity index (χ2n) is 4.90. The van der Waals surface area contributed by atoms with Gasteiger partial charge in [-0.15, -0.1) is 0 Å². The number of hydrogen-bond donors (Lipinski definition) is 2. The highest BCUT2D eigenvalue weighted by Gasteiger charge is 2.37. The van der Waals surface area contributed by atoms with E-state index < -0.39 is 32.1 Å². The van der Waals surface area contributed by atoms with Crippen molar-refractivity contribution >= 4 is 10.0 Å². The van der Waals surface area contributed by atoms with Crippen LogP contribution in [0.25, 0.3) is 0 Å². The van der Waals surface area contributed by atoms with Crippen LogP contribution in [-0.2, 0) is 10.0 Å². The SMILES string of the molecule is NCC1(NS(=O)(=O)c2cc(F)cc(F)c2)CCCC1. The van der Waals surface area contributed by atoms with Crippen LogP contribution < -0.4 is 10.5 Å². The van der Waals surface area contributed by atoms with Crippen LogP contribution in [0, 0.1) is 11.6 Å². The van der Waals surface area contributed by atoms with Crippen molar-refractivity contribution in [2.24, 2.45) is 5.73 Å². The van der Waals surface area contributed by atoms with E-state index in [1.54, 1.807) is 0 Å². The van der Waals surface area contributed by atoms with Gasteiger partial charge in [0.25, 0.3) is 0 Å². The molecule has 4 nitrogen and oxygen atoms in total. The fourth-order valence-corrected chi connectivity index (χ4v) is 3.94. The van der Waals surface area contributed by atoms with Gasteiger partial charge in [0.05, 0.1) is 4.90 Å². The zero-order valence-corrected chi connectivity index (χ0v) is 11.1. The first kappa shape index (κ1) is 14.4. The van der Waals surface area contributed by atoms with Crippen molar-refractivity contribution in [3.8, 4) is 0 Å². The summed E-state index contributed by atoms with van der Waals surface area (Å²) in [5.41, 5.74) is 4.95. The van der Waals surface area contributed by atoms with Crippen LogP contribution in [-0.4, -0.2) is 20.5 Å². The van der Waals surface area contributed by atoms with Crippen molar-refractivity contribution < 1.29 is 17.2 Å². The number of nitrogens with two attached hydrogens (primary N) is 1. The van der Waals surface area contributed by atoms with Crippen LogP contribution in [0.4, 0.5) is 8.78 Å². The second-order valence-corrected chi connectivity index (χ2v) is 6.58. The predicted octanol–water partition coefficient (Wildman–Crippen LogP) is 1.51. The van der Waals surface area contributed by atoms with Crippen molar-refractivity contribution in [1.29, 1.82) is 0 Å². The Balaban J connectivity index is 2.32. The summed E-state index contributed by atoms with van der Waals surface area (Å²) in [5.74, 6) is -1.85. The molecule has 1 fully saturated rings. The molecule has 3 N–H and O–H groups in total. The second kappa shape index (κ2) is 5.15. The number of nitrogens with one attached hydrogen (secondary N) is 1. The number of halogens is 2. The zero-order valence-electron chi connectivity index (χ0n) is 10.3. The Bertz CT molecular complexity index is 549. The highest BCUT2D eigenvalue weighted by Crippen LogP contribution is 2.30. The normalized spacial score (nSPS) is 18.7. The van der Waals surface area contributed by atoms with Crippen molar-refractivity contribution in [2.75, 3.05) is 6.54 Å².